The Bertz CT molecular complexity index is 1070. The van der Waals surface area contributed by atoms with Crippen LogP contribution in [0.3, 0.4) is 0 Å². The molecule has 0 aliphatic heterocycles. The smallest absolute Gasteiger partial charge is 0.306 e. The van der Waals surface area contributed by atoms with Crippen LogP contribution >= 0.6 is 0 Å². The fraction of sp³-hybridized carbons (Fsp3) is 0.851. The molecule has 9 unspecified atom stereocenters. The fourth-order valence-corrected chi connectivity index (χ4v) is 11.7. The van der Waals surface area contributed by atoms with Gasteiger partial charge in [0.15, 0.2) is 0 Å². The van der Waals surface area contributed by atoms with Crippen LogP contribution in [0.4, 0.5) is 0 Å². The maximum atomic E-state index is 12.8. The minimum Gasteiger partial charge on any atom is -0.462 e. The molecule has 0 aromatic carbocycles. The molecule has 0 aromatic rings. The van der Waals surface area contributed by atoms with E-state index in [2.05, 4.69) is 78.8 Å². The van der Waals surface area contributed by atoms with E-state index in [9.17, 15) is 4.79 Å². The number of carbonyl (C=O) groups is 1. The first-order valence-corrected chi connectivity index (χ1v) is 21.8. The number of hydrogen-bond donors (Lipinski definition) is 0. The maximum Gasteiger partial charge on any atom is 0.306 e. The van der Waals surface area contributed by atoms with Gasteiger partial charge in [0.25, 0.3) is 0 Å². The molecule has 2 nitrogen and oxygen atoms in total. The molecule has 0 bridgehead atoms. The number of esters is 1. The topological polar surface area (TPSA) is 26.3 Å². The van der Waals surface area contributed by atoms with Crippen molar-refractivity contribution in [1.29, 1.82) is 0 Å². The van der Waals surface area contributed by atoms with E-state index < -0.39 is 0 Å². The summed E-state index contributed by atoms with van der Waals surface area (Å²) in [5.74, 6) is 6.13. The van der Waals surface area contributed by atoms with E-state index in [4.69, 9.17) is 4.74 Å². The van der Waals surface area contributed by atoms with E-state index in [1.54, 1.807) is 5.57 Å². The average Bonchev–Trinajstić information content (AvgIpc) is 3.44. The third-order valence-electron chi connectivity index (χ3n) is 14.9. The van der Waals surface area contributed by atoms with Crippen LogP contribution < -0.4 is 0 Å². The maximum absolute atomic E-state index is 12.8. The second-order valence-corrected chi connectivity index (χ2v) is 18.3. The third kappa shape index (κ3) is 10.9. The molecule has 0 aromatic heterocycles. The standard InChI is InChI=1S/C47H80O2/c1-8-10-11-12-13-14-15-16-17-18-19-20-21-22-23-24-45(48)49-40-31-33-46(6)39(35-40)27-28-41-43-30-29-42(47(43,7)34-32-44(41)46)37(5)25-26-38(9-2)36(3)4/h13-16,27,36-38,40-44H,8-12,17-26,28-35H2,1-7H3/b14-13+,16-15+. The highest BCUT2D eigenvalue weighted by Crippen LogP contribution is 2.67. The zero-order valence-corrected chi connectivity index (χ0v) is 33.6. The Morgan fingerprint density at radius 3 is 2.22 bits per heavy atom. The van der Waals surface area contributed by atoms with Gasteiger partial charge >= 0.3 is 5.97 Å². The number of ether oxygens (including phenoxy) is 1. The first-order chi connectivity index (χ1) is 23.6. The number of unbranched alkanes of at least 4 members (excludes halogenated alkanes) is 9. The predicted molar refractivity (Wildman–Crippen MR) is 211 cm³/mol. The number of rotatable bonds is 21. The van der Waals surface area contributed by atoms with Gasteiger partial charge in [-0.25, -0.2) is 0 Å². The molecule has 280 valence electrons. The Hall–Kier alpha value is -1.31. The summed E-state index contributed by atoms with van der Waals surface area (Å²) in [6, 6.07) is 0. The van der Waals surface area contributed by atoms with Crippen LogP contribution in [0.1, 0.15) is 196 Å². The molecule has 0 spiro atoms. The van der Waals surface area contributed by atoms with Gasteiger partial charge in [-0.05, 0) is 136 Å². The Morgan fingerprint density at radius 2 is 1.53 bits per heavy atom. The van der Waals surface area contributed by atoms with E-state index in [-0.39, 0.29) is 12.1 Å². The summed E-state index contributed by atoms with van der Waals surface area (Å²) in [5, 5.41) is 0. The van der Waals surface area contributed by atoms with Crippen molar-refractivity contribution in [3.8, 4) is 0 Å². The second-order valence-electron chi connectivity index (χ2n) is 18.3. The highest BCUT2D eigenvalue weighted by molar-refractivity contribution is 5.69. The lowest BCUT2D eigenvalue weighted by Gasteiger charge is -2.58. The highest BCUT2D eigenvalue weighted by Gasteiger charge is 2.59. The van der Waals surface area contributed by atoms with E-state index in [1.165, 1.54) is 116 Å². The van der Waals surface area contributed by atoms with Crippen molar-refractivity contribution in [2.75, 3.05) is 0 Å². The SMILES string of the molecule is CCCCC/C=C/C=C/CCCCCCCCC(=O)OC1CCC2(C)C(=CCC3C2CCC2(C)C(C(C)CCC(CC)C(C)C)CCC32)C1. The molecule has 4 aliphatic carbocycles. The molecule has 4 aliphatic rings. The van der Waals surface area contributed by atoms with Gasteiger partial charge in [0.2, 0.25) is 0 Å². The summed E-state index contributed by atoms with van der Waals surface area (Å²) in [6.45, 7) is 17.4. The Kier molecular flexibility index (Phi) is 16.6. The molecule has 0 saturated heterocycles. The van der Waals surface area contributed by atoms with Crippen molar-refractivity contribution in [2.45, 2.75) is 202 Å². The van der Waals surface area contributed by atoms with Crippen LogP contribution in [0.5, 0.6) is 0 Å². The first-order valence-electron chi connectivity index (χ1n) is 21.8. The molecule has 3 saturated carbocycles. The van der Waals surface area contributed by atoms with Gasteiger partial charge < -0.3 is 4.74 Å². The fourth-order valence-electron chi connectivity index (χ4n) is 11.7. The highest BCUT2D eigenvalue weighted by atomic mass is 16.5. The summed E-state index contributed by atoms with van der Waals surface area (Å²) >= 11 is 0. The summed E-state index contributed by atoms with van der Waals surface area (Å²) in [7, 11) is 0. The molecule has 3 fully saturated rings. The summed E-state index contributed by atoms with van der Waals surface area (Å²) in [5.41, 5.74) is 2.50. The van der Waals surface area contributed by atoms with Crippen LogP contribution in [-0.2, 0) is 9.53 Å². The Labute approximate surface area is 305 Å². The normalized spacial score (nSPS) is 32.6. The van der Waals surface area contributed by atoms with Gasteiger partial charge in [0, 0.05) is 12.8 Å². The molecule has 9 atom stereocenters. The lowest BCUT2D eigenvalue weighted by atomic mass is 9.47. The zero-order chi connectivity index (χ0) is 35.3. The zero-order valence-electron chi connectivity index (χ0n) is 33.6. The van der Waals surface area contributed by atoms with Crippen molar-refractivity contribution >= 4 is 5.97 Å². The lowest BCUT2D eigenvalue weighted by Crippen LogP contribution is -2.51. The van der Waals surface area contributed by atoms with E-state index in [0.29, 0.717) is 17.3 Å². The number of carbonyl (C=O) groups excluding carboxylic acids is 1. The number of allylic oxidation sites excluding steroid dienone is 5. The van der Waals surface area contributed by atoms with Crippen molar-refractivity contribution < 1.29 is 9.53 Å². The van der Waals surface area contributed by atoms with Crippen LogP contribution in [0.2, 0.25) is 0 Å². The van der Waals surface area contributed by atoms with Crippen LogP contribution in [0.25, 0.3) is 0 Å². The van der Waals surface area contributed by atoms with E-state index in [1.807, 2.05) is 0 Å². The van der Waals surface area contributed by atoms with Crippen LogP contribution in [-0.4, -0.2) is 12.1 Å². The predicted octanol–water partition coefficient (Wildman–Crippen LogP) is 14.4. The second kappa shape index (κ2) is 20.1. The molecular weight excluding hydrogens is 597 g/mol. The van der Waals surface area contributed by atoms with Gasteiger partial charge in [-0.1, -0.05) is 136 Å². The van der Waals surface area contributed by atoms with Gasteiger partial charge in [-0.15, -0.1) is 0 Å². The number of hydrogen-bond acceptors (Lipinski definition) is 2. The quantitative estimate of drug-likeness (QED) is 0.0523. The molecule has 0 N–H and O–H groups in total. The summed E-state index contributed by atoms with van der Waals surface area (Å²) in [4.78, 5) is 12.8. The monoisotopic (exact) mass is 677 g/mol. The summed E-state index contributed by atoms with van der Waals surface area (Å²) in [6.07, 6.45) is 40.5. The van der Waals surface area contributed by atoms with Gasteiger partial charge in [0.05, 0.1) is 0 Å². The third-order valence-corrected chi connectivity index (χ3v) is 14.9. The minimum atomic E-state index is 0.0500. The number of fused-ring (bicyclic) bond motifs is 5. The van der Waals surface area contributed by atoms with E-state index in [0.717, 1.165) is 67.1 Å². The molecule has 0 heterocycles. The van der Waals surface area contributed by atoms with Crippen molar-refractivity contribution in [3.05, 3.63) is 36.0 Å². The van der Waals surface area contributed by atoms with Crippen molar-refractivity contribution in [2.24, 2.45) is 52.3 Å². The van der Waals surface area contributed by atoms with E-state index >= 15 is 0 Å². The first kappa shape index (κ1) is 40.5. The molecule has 2 heteroatoms. The van der Waals surface area contributed by atoms with Gasteiger partial charge in [-0.2, -0.15) is 0 Å². The van der Waals surface area contributed by atoms with Crippen LogP contribution in [0, 0.1) is 52.3 Å². The molecular formula is C47H80O2. The van der Waals surface area contributed by atoms with Crippen molar-refractivity contribution in [3.63, 3.8) is 0 Å². The molecule has 0 radical (unpaired) electrons. The molecule has 49 heavy (non-hydrogen) atoms. The molecule has 4 rings (SSSR count). The molecule has 0 amide bonds. The Morgan fingerprint density at radius 1 is 0.837 bits per heavy atom. The van der Waals surface area contributed by atoms with Crippen molar-refractivity contribution in [1.82, 2.24) is 0 Å². The largest absolute Gasteiger partial charge is 0.462 e. The minimum absolute atomic E-state index is 0.0500. The summed E-state index contributed by atoms with van der Waals surface area (Å²) < 4.78 is 6.14. The van der Waals surface area contributed by atoms with Crippen LogP contribution in [0.15, 0.2) is 36.0 Å². The lowest BCUT2D eigenvalue weighted by molar-refractivity contribution is -0.151. The van der Waals surface area contributed by atoms with Gasteiger partial charge in [0.1, 0.15) is 6.10 Å². The average molecular weight is 677 g/mol. The van der Waals surface area contributed by atoms with Gasteiger partial charge in [-0.3, -0.25) is 4.79 Å². The Balaban J connectivity index is 1.14.